The number of anilines is 1. The van der Waals surface area contributed by atoms with Crippen molar-refractivity contribution in [3.8, 4) is 0 Å². The number of nitro groups is 1. The van der Waals surface area contributed by atoms with Crippen LogP contribution in [0.25, 0.3) is 0 Å². The molecule has 2 rings (SSSR count). The molecule has 0 fully saturated rings. The molecule has 0 bridgehead atoms. The summed E-state index contributed by atoms with van der Waals surface area (Å²) in [5, 5.41) is 13.1. The second kappa shape index (κ2) is 5.79. The molecule has 0 saturated heterocycles. The maximum Gasteiger partial charge on any atom is 0.282 e. The Morgan fingerprint density at radius 1 is 1.25 bits per heavy atom. The smallest absolute Gasteiger partial charge is 0.282 e. The number of rotatable bonds is 3. The number of hydrogen-bond acceptors (Lipinski definition) is 3. The van der Waals surface area contributed by atoms with Gasteiger partial charge in [-0.05, 0) is 24.3 Å². The number of hydrogen-bond donors (Lipinski definition) is 1. The first kappa shape index (κ1) is 14.1. The van der Waals surface area contributed by atoms with E-state index in [2.05, 4.69) is 21.2 Å². The van der Waals surface area contributed by atoms with Crippen LogP contribution < -0.4 is 5.32 Å². The molecule has 0 aliphatic carbocycles. The van der Waals surface area contributed by atoms with Crippen molar-refractivity contribution in [3.05, 3.63) is 68.4 Å². The zero-order valence-electron chi connectivity index (χ0n) is 9.97. The van der Waals surface area contributed by atoms with E-state index in [1.54, 1.807) is 6.07 Å². The van der Waals surface area contributed by atoms with E-state index in [0.29, 0.717) is 4.47 Å². The van der Waals surface area contributed by atoms with Crippen LogP contribution >= 0.6 is 15.9 Å². The van der Waals surface area contributed by atoms with Gasteiger partial charge in [0.1, 0.15) is 11.4 Å². The SMILES string of the molecule is O=C(Nc1ccc(Br)cc1F)c1ccccc1[N+](=O)[O-]. The molecule has 1 amide bonds. The average Bonchev–Trinajstić information content (AvgIpc) is 2.41. The molecule has 2 aromatic rings. The highest BCUT2D eigenvalue weighted by molar-refractivity contribution is 9.10. The van der Waals surface area contributed by atoms with Gasteiger partial charge in [0.05, 0.1) is 10.6 Å². The predicted octanol–water partition coefficient (Wildman–Crippen LogP) is 3.75. The van der Waals surface area contributed by atoms with Crippen molar-refractivity contribution in [1.29, 1.82) is 0 Å². The summed E-state index contributed by atoms with van der Waals surface area (Å²) in [5.41, 5.74) is -0.501. The lowest BCUT2D eigenvalue weighted by atomic mass is 10.1. The van der Waals surface area contributed by atoms with Crippen LogP contribution in [0.2, 0.25) is 0 Å². The van der Waals surface area contributed by atoms with Crippen LogP contribution in [-0.2, 0) is 0 Å². The standard InChI is InChI=1S/C13H8BrFN2O3/c14-8-5-6-11(10(15)7-8)16-13(18)9-3-1-2-4-12(9)17(19)20/h1-7H,(H,16,18). The third kappa shape index (κ3) is 3.00. The van der Waals surface area contributed by atoms with Crippen molar-refractivity contribution >= 4 is 33.2 Å². The molecule has 0 heterocycles. The van der Waals surface area contributed by atoms with Gasteiger partial charge in [-0.1, -0.05) is 28.1 Å². The van der Waals surface area contributed by atoms with Crippen LogP contribution in [-0.4, -0.2) is 10.8 Å². The fraction of sp³-hybridized carbons (Fsp3) is 0. The van der Waals surface area contributed by atoms with Gasteiger partial charge in [-0.2, -0.15) is 0 Å². The van der Waals surface area contributed by atoms with Gasteiger partial charge in [-0.25, -0.2) is 4.39 Å². The first-order valence-electron chi connectivity index (χ1n) is 5.49. The molecule has 5 nitrogen and oxygen atoms in total. The van der Waals surface area contributed by atoms with Crippen molar-refractivity contribution in [2.45, 2.75) is 0 Å². The van der Waals surface area contributed by atoms with Gasteiger partial charge in [0.25, 0.3) is 11.6 Å². The summed E-state index contributed by atoms with van der Waals surface area (Å²) < 4.78 is 14.1. The minimum atomic E-state index is -0.737. The van der Waals surface area contributed by atoms with E-state index >= 15 is 0 Å². The Bertz CT molecular complexity index is 691. The van der Waals surface area contributed by atoms with Crippen molar-refractivity contribution in [3.63, 3.8) is 0 Å². The first-order chi connectivity index (χ1) is 9.49. The minimum Gasteiger partial charge on any atom is -0.319 e. The summed E-state index contributed by atoms with van der Waals surface area (Å²) in [6, 6.07) is 9.59. The van der Waals surface area contributed by atoms with E-state index in [1.165, 1.54) is 36.4 Å². The molecule has 7 heteroatoms. The molecule has 20 heavy (non-hydrogen) atoms. The van der Waals surface area contributed by atoms with Crippen LogP contribution in [0.15, 0.2) is 46.9 Å². The third-order valence-corrected chi connectivity index (χ3v) is 3.02. The first-order valence-corrected chi connectivity index (χ1v) is 6.28. The lowest BCUT2D eigenvalue weighted by Gasteiger charge is -2.07. The van der Waals surface area contributed by atoms with Crippen LogP contribution in [0.5, 0.6) is 0 Å². The fourth-order valence-corrected chi connectivity index (χ4v) is 1.94. The monoisotopic (exact) mass is 338 g/mol. The number of nitrogens with one attached hydrogen (secondary N) is 1. The van der Waals surface area contributed by atoms with Gasteiger partial charge >= 0.3 is 0 Å². The van der Waals surface area contributed by atoms with E-state index < -0.39 is 16.6 Å². The number of nitro benzene ring substituents is 1. The van der Waals surface area contributed by atoms with Gasteiger partial charge < -0.3 is 5.32 Å². The van der Waals surface area contributed by atoms with Gasteiger partial charge in [-0.3, -0.25) is 14.9 Å². The van der Waals surface area contributed by atoms with Crippen LogP contribution in [0.3, 0.4) is 0 Å². The number of benzene rings is 2. The van der Waals surface area contributed by atoms with E-state index in [0.717, 1.165) is 0 Å². The van der Waals surface area contributed by atoms with Crippen molar-refractivity contribution in [2.24, 2.45) is 0 Å². The van der Waals surface area contributed by atoms with Gasteiger partial charge in [-0.15, -0.1) is 0 Å². The maximum atomic E-state index is 13.6. The van der Waals surface area contributed by atoms with Crippen molar-refractivity contribution in [1.82, 2.24) is 0 Å². The molecule has 0 atom stereocenters. The number of halogens is 2. The number of carbonyl (C=O) groups excluding carboxylic acids is 1. The number of carbonyl (C=O) groups is 1. The Balaban J connectivity index is 2.31. The molecule has 0 aliphatic heterocycles. The molecular formula is C13H8BrFN2O3. The zero-order chi connectivity index (χ0) is 14.7. The summed E-state index contributed by atoms with van der Waals surface area (Å²) in [6.07, 6.45) is 0. The number of nitrogens with zero attached hydrogens (tertiary/aromatic N) is 1. The van der Waals surface area contributed by atoms with Gasteiger partial charge in [0.2, 0.25) is 0 Å². The molecule has 0 saturated carbocycles. The van der Waals surface area contributed by atoms with Gasteiger partial charge in [0.15, 0.2) is 0 Å². The Labute approximate surface area is 121 Å². The Morgan fingerprint density at radius 3 is 2.60 bits per heavy atom. The summed E-state index contributed by atoms with van der Waals surface area (Å²) in [6.45, 7) is 0. The molecule has 0 unspecified atom stereocenters. The molecule has 0 radical (unpaired) electrons. The highest BCUT2D eigenvalue weighted by Crippen LogP contribution is 2.22. The predicted molar refractivity (Wildman–Crippen MR) is 75.1 cm³/mol. The van der Waals surface area contributed by atoms with E-state index in [9.17, 15) is 19.3 Å². The van der Waals surface area contributed by atoms with Crippen LogP contribution in [0, 0.1) is 15.9 Å². The minimum absolute atomic E-state index is 0.0450. The molecule has 0 spiro atoms. The topological polar surface area (TPSA) is 72.2 Å². The lowest BCUT2D eigenvalue weighted by molar-refractivity contribution is -0.385. The molecule has 1 N–H and O–H groups in total. The number of amides is 1. The van der Waals surface area contributed by atoms with Crippen molar-refractivity contribution in [2.75, 3.05) is 5.32 Å². The van der Waals surface area contributed by atoms with Crippen molar-refractivity contribution < 1.29 is 14.1 Å². The fourth-order valence-electron chi connectivity index (χ4n) is 1.61. The molecule has 102 valence electrons. The number of para-hydroxylation sites is 1. The molecular weight excluding hydrogens is 331 g/mol. The van der Waals surface area contributed by atoms with Crippen LogP contribution in [0.4, 0.5) is 15.8 Å². The summed E-state index contributed by atoms with van der Waals surface area (Å²) >= 11 is 3.10. The van der Waals surface area contributed by atoms with E-state index in [4.69, 9.17) is 0 Å². The second-order valence-corrected chi connectivity index (χ2v) is 4.77. The molecule has 2 aromatic carbocycles. The highest BCUT2D eigenvalue weighted by atomic mass is 79.9. The summed E-state index contributed by atoms with van der Waals surface area (Å²) in [5.74, 6) is -1.37. The molecule has 0 aliphatic rings. The normalized spacial score (nSPS) is 10.1. The summed E-state index contributed by atoms with van der Waals surface area (Å²) in [7, 11) is 0. The third-order valence-electron chi connectivity index (χ3n) is 2.52. The maximum absolute atomic E-state index is 13.6. The summed E-state index contributed by atoms with van der Waals surface area (Å²) in [4.78, 5) is 22.2. The highest BCUT2D eigenvalue weighted by Gasteiger charge is 2.20. The van der Waals surface area contributed by atoms with Crippen LogP contribution in [0.1, 0.15) is 10.4 Å². The largest absolute Gasteiger partial charge is 0.319 e. The molecule has 0 aromatic heterocycles. The average molecular weight is 339 g/mol. The van der Waals surface area contributed by atoms with E-state index in [-0.39, 0.29) is 16.9 Å². The quantitative estimate of drug-likeness (QED) is 0.684. The zero-order valence-corrected chi connectivity index (χ0v) is 11.6. The van der Waals surface area contributed by atoms with E-state index in [1.807, 2.05) is 0 Å². The van der Waals surface area contributed by atoms with Gasteiger partial charge in [0, 0.05) is 10.5 Å². The Hall–Kier alpha value is -2.28. The Morgan fingerprint density at radius 2 is 1.95 bits per heavy atom. The second-order valence-electron chi connectivity index (χ2n) is 3.85. The Kier molecular flexibility index (Phi) is 4.09. The lowest BCUT2D eigenvalue weighted by Crippen LogP contribution is -2.14.